The summed E-state index contributed by atoms with van der Waals surface area (Å²) >= 11 is 0. The van der Waals surface area contributed by atoms with Gasteiger partial charge in [-0.1, -0.05) is 12.1 Å². The highest BCUT2D eigenvalue weighted by Crippen LogP contribution is 2.39. The summed E-state index contributed by atoms with van der Waals surface area (Å²) in [6.07, 6.45) is 1.71. The van der Waals surface area contributed by atoms with Gasteiger partial charge in [-0.3, -0.25) is 10.1 Å². The molecule has 0 atom stereocenters. The molecule has 1 aromatic carbocycles. The Kier molecular flexibility index (Phi) is 1.76. The van der Waals surface area contributed by atoms with Crippen molar-refractivity contribution in [3.63, 3.8) is 0 Å². The van der Waals surface area contributed by atoms with Crippen LogP contribution in [0.3, 0.4) is 0 Å². The predicted molar refractivity (Wildman–Crippen MR) is 79.1 cm³/mol. The number of nitrogens with zero attached hydrogens (tertiary/aromatic N) is 2. The number of hydrogen-bond donors (Lipinski definition) is 3. The molecular formula is C15H9N5O. The molecular weight excluding hydrogens is 266 g/mol. The number of benzene rings is 1. The van der Waals surface area contributed by atoms with E-state index in [1.165, 1.54) is 0 Å². The van der Waals surface area contributed by atoms with E-state index in [2.05, 4.69) is 25.3 Å². The summed E-state index contributed by atoms with van der Waals surface area (Å²) in [6, 6.07) is 9.57. The van der Waals surface area contributed by atoms with Crippen LogP contribution in [0.2, 0.25) is 0 Å². The van der Waals surface area contributed by atoms with Crippen molar-refractivity contribution in [1.82, 2.24) is 19.9 Å². The van der Waals surface area contributed by atoms with Gasteiger partial charge in [0.25, 0.3) is 5.91 Å². The van der Waals surface area contributed by atoms with Crippen LogP contribution < -0.4 is 5.32 Å². The number of carbonyl (C=O) groups is 1. The van der Waals surface area contributed by atoms with Gasteiger partial charge in [0.1, 0.15) is 5.69 Å². The highest BCUT2D eigenvalue weighted by molar-refractivity contribution is 6.17. The summed E-state index contributed by atoms with van der Waals surface area (Å²) in [7, 11) is 0. The van der Waals surface area contributed by atoms with E-state index in [9.17, 15) is 4.79 Å². The zero-order valence-electron chi connectivity index (χ0n) is 10.8. The molecule has 3 heterocycles. The number of amides is 1. The number of rotatable bonds is 2. The number of anilines is 1. The zero-order valence-corrected chi connectivity index (χ0v) is 10.8. The third-order valence-corrected chi connectivity index (χ3v) is 3.73. The summed E-state index contributed by atoms with van der Waals surface area (Å²) in [5.74, 6) is 0.259. The van der Waals surface area contributed by atoms with Crippen LogP contribution in [0.25, 0.3) is 33.3 Å². The quantitative estimate of drug-likeness (QED) is 0.463. The fourth-order valence-corrected chi connectivity index (χ4v) is 2.67. The Labute approximate surface area is 118 Å². The standard InChI is InChI=1S/C15H9N5O/c21-14(8-6-16-12-7(8)5-11-13(12)17-11)20-15-18-9-3-1-2-4-10(9)19-15/h1-6,16H,(H2,18,19,20,21). The maximum atomic E-state index is 12.4. The largest absolute Gasteiger partial charge is 0.359 e. The molecule has 6 heteroatoms. The van der Waals surface area contributed by atoms with E-state index in [1.54, 1.807) is 6.20 Å². The van der Waals surface area contributed by atoms with Crippen LogP contribution in [-0.4, -0.2) is 25.8 Å². The van der Waals surface area contributed by atoms with E-state index >= 15 is 0 Å². The van der Waals surface area contributed by atoms with Gasteiger partial charge >= 0.3 is 0 Å². The molecule has 2 aliphatic rings. The second-order valence-electron chi connectivity index (χ2n) is 5.04. The second kappa shape index (κ2) is 3.49. The first kappa shape index (κ1) is 10.6. The van der Waals surface area contributed by atoms with Gasteiger partial charge in [0.15, 0.2) is 0 Å². The highest BCUT2D eigenvalue weighted by Gasteiger charge is 2.25. The van der Waals surface area contributed by atoms with Crippen LogP contribution in [-0.2, 0) is 0 Å². The number of H-pyrrole nitrogens is 2. The van der Waals surface area contributed by atoms with Crippen molar-refractivity contribution in [1.29, 1.82) is 0 Å². The van der Waals surface area contributed by atoms with Crippen LogP contribution in [0.1, 0.15) is 10.4 Å². The Morgan fingerprint density at radius 2 is 2.10 bits per heavy atom. The minimum Gasteiger partial charge on any atom is -0.359 e. The Hall–Kier alpha value is -3.15. The van der Waals surface area contributed by atoms with E-state index in [0.717, 1.165) is 33.3 Å². The van der Waals surface area contributed by atoms with Crippen molar-refractivity contribution in [2.45, 2.75) is 0 Å². The first-order valence-electron chi connectivity index (χ1n) is 6.58. The number of para-hydroxylation sites is 2. The lowest BCUT2D eigenvalue weighted by molar-refractivity contribution is 0.102. The lowest BCUT2D eigenvalue weighted by Gasteiger charge is -1.99. The fraction of sp³-hybridized carbons (Fsp3) is 0. The molecule has 0 unspecified atom stereocenters. The SMILES string of the molecule is O=C(Nc1nc2ccccc2[nH]1)c1c[nH]c2c3nc-3cc12. The zero-order chi connectivity index (χ0) is 14.0. The molecule has 1 amide bonds. The summed E-state index contributed by atoms with van der Waals surface area (Å²) in [5.41, 5.74) is 5.18. The van der Waals surface area contributed by atoms with Crippen LogP contribution in [0.15, 0.2) is 36.5 Å². The van der Waals surface area contributed by atoms with Crippen molar-refractivity contribution < 1.29 is 4.79 Å². The average molecular weight is 275 g/mol. The summed E-state index contributed by atoms with van der Waals surface area (Å²) < 4.78 is 0. The molecule has 21 heavy (non-hydrogen) atoms. The summed E-state index contributed by atoms with van der Waals surface area (Å²) in [5, 5.41) is 3.70. The topological polar surface area (TPSA) is 86.5 Å². The molecule has 0 saturated carbocycles. The molecule has 3 N–H and O–H groups in total. The molecule has 1 aliphatic carbocycles. The van der Waals surface area contributed by atoms with Crippen molar-refractivity contribution in [2.75, 3.05) is 5.32 Å². The van der Waals surface area contributed by atoms with Gasteiger partial charge in [-0.2, -0.15) is 0 Å². The van der Waals surface area contributed by atoms with Gasteiger partial charge in [-0.15, -0.1) is 0 Å². The number of pyridine rings is 1. The average Bonchev–Trinajstić information content (AvgIpc) is 2.86. The molecule has 3 aromatic rings. The first-order valence-corrected chi connectivity index (χ1v) is 6.58. The van der Waals surface area contributed by atoms with E-state index in [0.29, 0.717) is 11.5 Å². The monoisotopic (exact) mass is 275 g/mol. The maximum Gasteiger partial charge on any atom is 0.260 e. The smallest absolute Gasteiger partial charge is 0.260 e. The molecule has 0 spiro atoms. The maximum absolute atomic E-state index is 12.4. The lowest BCUT2D eigenvalue weighted by atomic mass is 10.2. The molecule has 5 rings (SSSR count). The van der Waals surface area contributed by atoms with Gasteiger partial charge in [0, 0.05) is 11.6 Å². The Balaban J connectivity index is 1.52. The second-order valence-corrected chi connectivity index (χ2v) is 5.04. The van der Waals surface area contributed by atoms with Crippen LogP contribution >= 0.6 is 0 Å². The minimum absolute atomic E-state index is 0.190. The number of fused-ring (bicyclic) bond motifs is 4. The van der Waals surface area contributed by atoms with Crippen molar-refractivity contribution >= 4 is 33.8 Å². The summed E-state index contributed by atoms with van der Waals surface area (Å²) in [6.45, 7) is 0. The predicted octanol–water partition coefficient (Wildman–Crippen LogP) is 2.67. The van der Waals surface area contributed by atoms with E-state index in [-0.39, 0.29) is 5.91 Å². The van der Waals surface area contributed by atoms with E-state index in [4.69, 9.17) is 0 Å². The van der Waals surface area contributed by atoms with E-state index in [1.807, 2.05) is 30.3 Å². The lowest BCUT2D eigenvalue weighted by Crippen LogP contribution is -2.12. The Morgan fingerprint density at radius 1 is 1.19 bits per heavy atom. The number of aromatic nitrogens is 4. The molecule has 0 fully saturated rings. The molecule has 0 saturated heterocycles. The van der Waals surface area contributed by atoms with Gasteiger partial charge in [0.2, 0.25) is 5.95 Å². The third kappa shape index (κ3) is 1.44. The summed E-state index contributed by atoms with van der Waals surface area (Å²) in [4.78, 5) is 27.1. The number of imidazole rings is 1. The number of carbonyl (C=O) groups excluding carboxylic acids is 1. The van der Waals surface area contributed by atoms with Crippen molar-refractivity contribution in [2.24, 2.45) is 0 Å². The minimum atomic E-state index is -0.190. The molecule has 0 bridgehead atoms. The number of nitrogens with one attached hydrogen (secondary N) is 3. The molecule has 6 nitrogen and oxygen atoms in total. The Bertz CT molecular complexity index is 1010. The van der Waals surface area contributed by atoms with Gasteiger partial charge in [-0.05, 0) is 18.2 Å². The normalized spacial score (nSPS) is 12.0. The van der Waals surface area contributed by atoms with Crippen molar-refractivity contribution in [3.05, 3.63) is 42.1 Å². The van der Waals surface area contributed by atoms with Gasteiger partial charge < -0.3 is 9.97 Å². The highest BCUT2D eigenvalue weighted by atomic mass is 16.1. The van der Waals surface area contributed by atoms with Gasteiger partial charge in [-0.25, -0.2) is 9.97 Å². The van der Waals surface area contributed by atoms with Crippen molar-refractivity contribution in [3.8, 4) is 11.4 Å². The third-order valence-electron chi connectivity index (χ3n) is 3.73. The molecule has 0 radical (unpaired) electrons. The van der Waals surface area contributed by atoms with Crippen LogP contribution in [0.4, 0.5) is 5.95 Å². The van der Waals surface area contributed by atoms with E-state index < -0.39 is 0 Å². The molecule has 2 aromatic heterocycles. The Morgan fingerprint density at radius 3 is 3.00 bits per heavy atom. The number of hydrogen-bond acceptors (Lipinski definition) is 3. The van der Waals surface area contributed by atoms with Crippen LogP contribution in [0.5, 0.6) is 0 Å². The van der Waals surface area contributed by atoms with Crippen LogP contribution in [0, 0.1) is 0 Å². The van der Waals surface area contributed by atoms with Gasteiger partial charge in [0.05, 0.1) is 27.8 Å². The molecule has 1 aliphatic heterocycles. The first-order chi connectivity index (χ1) is 10.3. The number of aromatic amines is 2. The molecule has 100 valence electrons. The fourth-order valence-electron chi connectivity index (χ4n) is 2.67.